The molecule has 9 nitrogen and oxygen atoms in total. The predicted octanol–water partition coefficient (Wildman–Crippen LogP) is 1.32. The van der Waals surface area contributed by atoms with Crippen LogP contribution in [0.25, 0.3) is 11.0 Å². The number of hydrogen-bond donors (Lipinski definition) is 4. The summed E-state index contributed by atoms with van der Waals surface area (Å²) in [6.45, 7) is 1.54. The summed E-state index contributed by atoms with van der Waals surface area (Å²) in [4.78, 5) is 32.9. The van der Waals surface area contributed by atoms with Crippen molar-refractivity contribution in [3.8, 4) is 0 Å². The van der Waals surface area contributed by atoms with Crippen molar-refractivity contribution in [2.45, 2.75) is 76.1 Å². The van der Waals surface area contributed by atoms with Crippen LogP contribution in [-0.4, -0.2) is 43.7 Å². The number of fused-ring (bicyclic) bond motifs is 1. The maximum absolute atomic E-state index is 12.7. The van der Waals surface area contributed by atoms with Crippen LogP contribution in [0.2, 0.25) is 0 Å². The van der Waals surface area contributed by atoms with Gasteiger partial charge in [-0.15, -0.1) is 0 Å². The quantitative estimate of drug-likeness (QED) is 0.608. The van der Waals surface area contributed by atoms with E-state index in [4.69, 9.17) is 5.73 Å². The molecule has 9 heteroatoms. The van der Waals surface area contributed by atoms with Gasteiger partial charge >= 0.3 is 0 Å². The van der Waals surface area contributed by atoms with E-state index in [0.717, 1.165) is 32.1 Å². The zero-order valence-corrected chi connectivity index (χ0v) is 16.6. The smallest absolute Gasteiger partial charge is 0.254 e. The van der Waals surface area contributed by atoms with Crippen LogP contribution < -0.4 is 21.9 Å². The Kier molecular flexibility index (Phi) is 5.40. The lowest BCUT2D eigenvalue weighted by Gasteiger charge is -2.29. The number of aromatic nitrogens is 3. The molecule has 0 bridgehead atoms. The van der Waals surface area contributed by atoms with E-state index in [0.29, 0.717) is 35.5 Å². The van der Waals surface area contributed by atoms with Gasteiger partial charge in [-0.3, -0.25) is 14.2 Å². The molecule has 0 aliphatic heterocycles. The fraction of sp³-hybridized carbons (Fsp3) is 0.600. The summed E-state index contributed by atoms with van der Waals surface area (Å²) in [5.74, 6) is 0.477. The zero-order valence-electron chi connectivity index (χ0n) is 16.6. The van der Waals surface area contributed by atoms with Crippen LogP contribution in [-0.2, 0) is 4.79 Å². The van der Waals surface area contributed by atoms with Gasteiger partial charge in [0.1, 0.15) is 0 Å². The van der Waals surface area contributed by atoms with Crippen LogP contribution in [0.4, 0.5) is 11.6 Å². The van der Waals surface area contributed by atoms with E-state index in [1.807, 2.05) is 0 Å². The summed E-state index contributed by atoms with van der Waals surface area (Å²) in [5, 5.41) is 16.9. The molecule has 156 valence electrons. The second-order valence-corrected chi connectivity index (χ2v) is 8.25. The first-order valence-electron chi connectivity index (χ1n) is 10.3. The molecule has 29 heavy (non-hydrogen) atoms. The van der Waals surface area contributed by atoms with Crippen LogP contribution in [0.15, 0.2) is 17.1 Å². The normalized spacial score (nSPS) is 27.1. The number of carbonyl (C=O) groups excluding carboxylic acids is 1. The molecule has 2 fully saturated rings. The minimum atomic E-state index is -0.391. The molecule has 5 N–H and O–H groups in total. The van der Waals surface area contributed by atoms with Crippen LogP contribution in [0.5, 0.6) is 0 Å². The number of nitrogens with one attached hydrogen (secondary N) is 2. The number of pyridine rings is 1. The standard InChI is InChI=1S/C20H28N6O3/c1-11(27)23-12-2-4-13(5-3-12)24-20-22-10-16-17(21)9-18(29)26(19(16)25-20)14-6-7-15(28)8-14/h9-10,12-15,28H,2-8,21H2,1H3,(H,23,27)(H,22,24,25)/t12?,13?,14-,15-/m0/s1. The van der Waals surface area contributed by atoms with E-state index >= 15 is 0 Å². The van der Waals surface area contributed by atoms with E-state index in [9.17, 15) is 14.7 Å². The second-order valence-electron chi connectivity index (χ2n) is 8.25. The van der Waals surface area contributed by atoms with Crippen LogP contribution in [0.1, 0.15) is 57.9 Å². The Balaban J connectivity index is 1.57. The number of nitrogens with two attached hydrogens (primary N) is 1. The summed E-state index contributed by atoms with van der Waals surface area (Å²) in [5.41, 5.74) is 6.72. The number of hydrogen-bond acceptors (Lipinski definition) is 7. The zero-order chi connectivity index (χ0) is 20.5. The summed E-state index contributed by atoms with van der Waals surface area (Å²) in [6.07, 6.45) is 6.85. The van der Waals surface area contributed by atoms with Gasteiger partial charge in [0.2, 0.25) is 11.9 Å². The van der Waals surface area contributed by atoms with E-state index in [1.54, 1.807) is 17.7 Å². The Morgan fingerprint density at radius 1 is 1.21 bits per heavy atom. The Morgan fingerprint density at radius 3 is 2.59 bits per heavy atom. The van der Waals surface area contributed by atoms with Crippen molar-refractivity contribution in [1.29, 1.82) is 0 Å². The molecule has 2 saturated carbocycles. The molecule has 2 aromatic heterocycles. The molecule has 4 rings (SSSR count). The fourth-order valence-electron chi connectivity index (χ4n) is 4.59. The number of anilines is 2. The largest absolute Gasteiger partial charge is 0.398 e. The average Bonchev–Trinajstić information content (AvgIpc) is 3.08. The first-order chi connectivity index (χ1) is 13.9. The van der Waals surface area contributed by atoms with Crippen LogP contribution >= 0.6 is 0 Å². The average molecular weight is 400 g/mol. The third-order valence-corrected chi connectivity index (χ3v) is 6.03. The number of rotatable bonds is 4. The number of carbonyl (C=O) groups is 1. The molecular weight excluding hydrogens is 372 g/mol. The van der Waals surface area contributed by atoms with Crippen molar-refractivity contribution in [2.75, 3.05) is 11.1 Å². The highest BCUT2D eigenvalue weighted by Crippen LogP contribution is 2.32. The fourth-order valence-corrected chi connectivity index (χ4v) is 4.59. The highest BCUT2D eigenvalue weighted by Gasteiger charge is 2.27. The van der Waals surface area contributed by atoms with Gasteiger partial charge in [-0.25, -0.2) is 4.98 Å². The van der Waals surface area contributed by atoms with Gasteiger partial charge in [-0.1, -0.05) is 0 Å². The van der Waals surface area contributed by atoms with E-state index < -0.39 is 6.10 Å². The first-order valence-corrected chi connectivity index (χ1v) is 10.3. The molecular formula is C20H28N6O3. The van der Waals surface area contributed by atoms with Crippen molar-refractivity contribution in [1.82, 2.24) is 19.9 Å². The number of amides is 1. The molecule has 2 heterocycles. The van der Waals surface area contributed by atoms with Crippen molar-refractivity contribution in [2.24, 2.45) is 0 Å². The Bertz CT molecular complexity index is 967. The third-order valence-electron chi connectivity index (χ3n) is 6.03. The molecule has 2 aromatic rings. The lowest BCUT2D eigenvalue weighted by molar-refractivity contribution is -0.119. The van der Waals surface area contributed by atoms with Gasteiger partial charge in [-0.05, 0) is 44.9 Å². The highest BCUT2D eigenvalue weighted by molar-refractivity contribution is 5.87. The summed E-state index contributed by atoms with van der Waals surface area (Å²) >= 11 is 0. The Labute approximate surface area is 168 Å². The van der Waals surface area contributed by atoms with Gasteiger partial charge < -0.3 is 21.5 Å². The number of aliphatic hydroxyl groups is 1. The lowest BCUT2D eigenvalue weighted by Crippen LogP contribution is -2.39. The van der Waals surface area contributed by atoms with Crippen LogP contribution in [0.3, 0.4) is 0 Å². The number of nitrogens with zero attached hydrogens (tertiary/aromatic N) is 3. The lowest BCUT2D eigenvalue weighted by atomic mass is 9.91. The Hall–Kier alpha value is -2.68. The second kappa shape index (κ2) is 7.98. The van der Waals surface area contributed by atoms with Gasteiger partial charge in [0.05, 0.1) is 11.5 Å². The molecule has 2 aliphatic rings. The summed E-state index contributed by atoms with van der Waals surface area (Å²) < 4.78 is 1.66. The minimum absolute atomic E-state index is 0.00635. The highest BCUT2D eigenvalue weighted by atomic mass is 16.3. The predicted molar refractivity (Wildman–Crippen MR) is 111 cm³/mol. The minimum Gasteiger partial charge on any atom is -0.398 e. The molecule has 0 radical (unpaired) electrons. The van der Waals surface area contributed by atoms with Crippen molar-refractivity contribution < 1.29 is 9.90 Å². The maximum atomic E-state index is 12.7. The van der Waals surface area contributed by atoms with Crippen molar-refractivity contribution in [3.05, 3.63) is 22.6 Å². The summed E-state index contributed by atoms with van der Waals surface area (Å²) in [7, 11) is 0. The van der Waals surface area contributed by atoms with Crippen LogP contribution in [0, 0.1) is 0 Å². The van der Waals surface area contributed by atoms with Gasteiger partial charge in [0.15, 0.2) is 5.65 Å². The maximum Gasteiger partial charge on any atom is 0.254 e. The number of aliphatic hydroxyl groups excluding tert-OH is 1. The molecule has 2 aliphatic carbocycles. The molecule has 0 unspecified atom stereocenters. The summed E-state index contributed by atoms with van der Waals surface area (Å²) in [6, 6.07) is 1.76. The van der Waals surface area contributed by atoms with Gasteiger partial charge in [0, 0.05) is 43.0 Å². The molecule has 1 amide bonds. The topological polar surface area (TPSA) is 135 Å². The SMILES string of the molecule is CC(=O)NC1CCC(Nc2ncc3c(N)cc(=O)n([C@H]4CC[C@H](O)C4)c3n2)CC1. The molecule has 0 aromatic carbocycles. The molecule has 2 atom stereocenters. The molecule has 0 saturated heterocycles. The van der Waals surface area contributed by atoms with Crippen molar-refractivity contribution in [3.63, 3.8) is 0 Å². The van der Waals surface area contributed by atoms with Crippen molar-refractivity contribution >= 4 is 28.6 Å². The first kappa shape index (κ1) is 19.6. The number of nitrogen functional groups attached to an aromatic ring is 1. The third kappa shape index (κ3) is 4.19. The Morgan fingerprint density at radius 2 is 1.93 bits per heavy atom. The monoisotopic (exact) mass is 400 g/mol. The van der Waals surface area contributed by atoms with E-state index in [-0.39, 0.29) is 29.6 Å². The van der Waals surface area contributed by atoms with E-state index in [1.165, 1.54) is 6.07 Å². The van der Waals surface area contributed by atoms with Gasteiger partial charge in [-0.2, -0.15) is 4.98 Å². The van der Waals surface area contributed by atoms with E-state index in [2.05, 4.69) is 20.6 Å². The molecule has 0 spiro atoms. The van der Waals surface area contributed by atoms with Gasteiger partial charge in [0.25, 0.3) is 5.56 Å².